The number of esters is 1. The Bertz CT molecular complexity index is 1860. The molecule has 2 aromatic carbocycles. The summed E-state index contributed by atoms with van der Waals surface area (Å²) in [5, 5.41) is 12.9. The molecule has 0 amide bonds. The summed E-state index contributed by atoms with van der Waals surface area (Å²) in [5.74, 6) is -0.00475. The van der Waals surface area contributed by atoms with Crippen LogP contribution in [-0.2, 0) is 16.1 Å². The number of nitro benzene ring substituents is 1. The molecule has 1 aliphatic heterocycles. The zero-order chi connectivity index (χ0) is 29.3. The first kappa shape index (κ1) is 29.1. The van der Waals surface area contributed by atoms with E-state index >= 15 is 0 Å². The Hall–Kier alpha value is -3.39. The second-order valence-electron chi connectivity index (χ2n) is 8.84. The van der Waals surface area contributed by atoms with Gasteiger partial charge in [-0.1, -0.05) is 33.3 Å². The Morgan fingerprint density at radius 1 is 1.22 bits per heavy atom. The van der Waals surface area contributed by atoms with Crippen LogP contribution in [0.1, 0.15) is 35.9 Å². The molecule has 0 fully saturated rings. The van der Waals surface area contributed by atoms with Crippen LogP contribution in [0.5, 0.6) is 5.75 Å². The van der Waals surface area contributed by atoms with Gasteiger partial charge in [-0.25, -0.2) is 9.79 Å². The van der Waals surface area contributed by atoms with E-state index in [9.17, 15) is 19.7 Å². The lowest BCUT2D eigenvalue weighted by atomic mass is 10.0. The molecule has 5 rings (SSSR count). The highest BCUT2D eigenvalue weighted by Gasteiger charge is 2.34. The number of non-ortho nitro benzene ring substituents is 1. The van der Waals surface area contributed by atoms with E-state index in [0.717, 1.165) is 14.9 Å². The molecule has 2 aromatic heterocycles. The van der Waals surface area contributed by atoms with Gasteiger partial charge in [0.2, 0.25) is 0 Å². The lowest BCUT2D eigenvalue weighted by Gasteiger charge is -2.23. The van der Waals surface area contributed by atoms with Crippen molar-refractivity contribution in [1.29, 1.82) is 0 Å². The lowest BCUT2D eigenvalue weighted by Crippen LogP contribution is -2.39. The van der Waals surface area contributed by atoms with E-state index in [1.165, 1.54) is 34.8 Å². The van der Waals surface area contributed by atoms with Crippen molar-refractivity contribution < 1.29 is 19.2 Å². The summed E-state index contributed by atoms with van der Waals surface area (Å²) in [6.07, 6.45) is 1.74. The highest BCUT2D eigenvalue weighted by atomic mass is 79.9. The van der Waals surface area contributed by atoms with Crippen molar-refractivity contribution in [1.82, 2.24) is 4.57 Å². The number of carbonyl (C=O) groups excluding carboxylic acids is 1. The smallest absolute Gasteiger partial charge is 0.338 e. The number of thiophene rings is 1. The minimum atomic E-state index is -0.653. The summed E-state index contributed by atoms with van der Waals surface area (Å²) in [5.41, 5.74) is 1.93. The molecule has 0 unspecified atom stereocenters. The molecule has 1 aliphatic rings. The second kappa shape index (κ2) is 12.2. The number of thiazole rings is 1. The maximum atomic E-state index is 13.9. The fraction of sp³-hybridized carbons (Fsp3) is 0.179. The monoisotopic (exact) mass is 717 g/mol. The van der Waals surface area contributed by atoms with Crippen LogP contribution in [0, 0.1) is 10.1 Å². The molecule has 210 valence electrons. The number of ether oxygens (including phenoxy) is 2. The van der Waals surface area contributed by atoms with Crippen molar-refractivity contribution in [3.63, 3.8) is 0 Å². The van der Waals surface area contributed by atoms with Crippen molar-refractivity contribution in [3.05, 3.63) is 120 Å². The number of nitrogens with zero attached hydrogens (tertiary/aromatic N) is 3. The van der Waals surface area contributed by atoms with Crippen LogP contribution in [0.15, 0.2) is 83.9 Å². The maximum Gasteiger partial charge on any atom is 0.338 e. The van der Waals surface area contributed by atoms with Crippen LogP contribution in [0.2, 0.25) is 0 Å². The standard InChI is InChI=1S/C28H21Br2N3O6S2/c1-3-38-27(35)23-15(2)31-28-32(24(23)21-5-4-10-40-21)26(34)22(41-28)12-17-11-18(29)13-20(30)25(17)39-14-16-6-8-19(9-7-16)33(36)37/h4-13,24H,3,14H2,1-2H3/b22-12-/t24-/m1/s1. The summed E-state index contributed by atoms with van der Waals surface area (Å²) >= 11 is 9.74. The van der Waals surface area contributed by atoms with Crippen LogP contribution in [0.3, 0.4) is 0 Å². The van der Waals surface area contributed by atoms with Crippen molar-refractivity contribution in [2.75, 3.05) is 6.61 Å². The van der Waals surface area contributed by atoms with Gasteiger partial charge in [-0.15, -0.1) is 11.3 Å². The Labute approximate surface area is 258 Å². The van der Waals surface area contributed by atoms with E-state index in [2.05, 4.69) is 36.9 Å². The van der Waals surface area contributed by atoms with Crippen LogP contribution < -0.4 is 19.6 Å². The molecule has 9 nitrogen and oxygen atoms in total. The average molecular weight is 719 g/mol. The summed E-state index contributed by atoms with van der Waals surface area (Å²) in [7, 11) is 0. The number of allylic oxidation sites excluding steroid dienone is 1. The molecule has 13 heteroatoms. The fourth-order valence-electron chi connectivity index (χ4n) is 4.36. The number of halogens is 2. The van der Waals surface area contributed by atoms with Gasteiger partial charge in [0.05, 0.1) is 31.8 Å². The zero-order valence-corrected chi connectivity index (χ0v) is 26.4. The van der Waals surface area contributed by atoms with Gasteiger partial charge in [0.25, 0.3) is 11.2 Å². The van der Waals surface area contributed by atoms with Gasteiger partial charge in [0.15, 0.2) is 4.80 Å². The van der Waals surface area contributed by atoms with Gasteiger partial charge in [-0.05, 0) is 77.1 Å². The van der Waals surface area contributed by atoms with E-state index in [1.807, 2.05) is 29.6 Å². The Balaban J connectivity index is 1.58. The molecule has 3 heterocycles. The molecule has 0 saturated carbocycles. The number of fused-ring (bicyclic) bond motifs is 1. The van der Waals surface area contributed by atoms with Gasteiger partial charge >= 0.3 is 5.97 Å². The quantitative estimate of drug-likeness (QED) is 0.128. The number of nitro groups is 1. The normalized spacial score (nSPS) is 14.9. The Morgan fingerprint density at radius 2 is 1.98 bits per heavy atom. The zero-order valence-electron chi connectivity index (χ0n) is 21.6. The number of hydrogen-bond acceptors (Lipinski definition) is 9. The van der Waals surface area contributed by atoms with Crippen LogP contribution in [0.25, 0.3) is 6.08 Å². The van der Waals surface area contributed by atoms with E-state index in [1.54, 1.807) is 36.6 Å². The van der Waals surface area contributed by atoms with Gasteiger partial charge in [0.1, 0.15) is 18.4 Å². The summed E-state index contributed by atoms with van der Waals surface area (Å²) in [4.78, 5) is 43.3. The number of aromatic nitrogens is 1. The van der Waals surface area contributed by atoms with Crippen LogP contribution in [-0.4, -0.2) is 22.1 Å². The molecular formula is C28H21Br2N3O6S2. The molecule has 0 aliphatic carbocycles. The number of benzene rings is 2. The minimum Gasteiger partial charge on any atom is -0.487 e. The molecule has 1 atom stereocenters. The number of carbonyl (C=O) groups is 1. The average Bonchev–Trinajstić information content (AvgIpc) is 3.56. The molecule has 0 saturated heterocycles. The SMILES string of the molecule is CCOC(=O)C1=C(C)N=c2s/c(=C\c3cc(Br)cc(Br)c3OCc3ccc([N+](=O)[O-])cc3)c(=O)n2[C@@H]1c1cccs1. The van der Waals surface area contributed by atoms with Crippen molar-refractivity contribution in [2.24, 2.45) is 4.99 Å². The van der Waals surface area contributed by atoms with Crippen LogP contribution >= 0.6 is 54.5 Å². The molecule has 0 radical (unpaired) electrons. The van der Waals surface area contributed by atoms with Gasteiger partial charge in [0, 0.05) is 27.0 Å². The highest BCUT2D eigenvalue weighted by Crippen LogP contribution is 2.35. The third-order valence-electron chi connectivity index (χ3n) is 6.18. The number of rotatable bonds is 8. The summed E-state index contributed by atoms with van der Waals surface area (Å²) in [6.45, 7) is 3.85. The largest absolute Gasteiger partial charge is 0.487 e. The van der Waals surface area contributed by atoms with E-state index in [0.29, 0.717) is 36.4 Å². The predicted molar refractivity (Wildman–Crippen MR) is 164 cm³/mol. The lowest BCUT2D eigenvalue weighted by molar-refractivity contribution is -0.384. The fourth-order valence-corrected chi connectivity index (χ4v) is 7.59. The molecule has 41 heavy (non-hydrogen) atoms. The van der Waals surface area contributed by atoms with Crippen molar-refractivity contribution in [3.8, 4) is 5.75 Å². The van der Waals surface area contributed by atoms with E-state index in [-0.39, 0.29) is 24.5 Å². The minimum absolute atomic E-state index is 0.00293. The maximum absolute atomic E-state index is 13.9. The van der Waals surface area contributed by atoms with Gasteiger partial charge < -0.3 is 9.47 Å². The predicted octanol–water partition coefficient (Wildman–Crippen LogP) is 5.87. The first-order chi connectivity index (χ1) is 19.7. The third kappa shape index (κ3) is 5.98. The molecule has 4 aromatic rings. The number of hydrogen-bond donors (Lipinski definition) is 0. The van der Waals surface area contributed by atoms with E-state index < -0.39 is 16.9 Å². The third-order valence-corrected chi connectivity index (χ3v) is 9.14. The summed E-state index contributed by atoms with van der Waals surface area (Å²) in [6, 6.07) is 12.9. The Morgan fingerprint density at radius 3 is 2.63 bits per heavy atom. The molecule has 0 bridgehead atoms. The molecule has 0 spiro atoms. The van der Waals surface area contributed by atoms with E-state index in [4.69, 9.17) is 9.47 Å². The molecular weight excluding hydrogens is 698 g/mol. The summed E-state index contributed by atoms with van der Waals surface area (Å²) < 4.78 is 14.8. The van der Waals surface area contributed by atoms with Gasteiger partial charge in [-0.2, -0.15) is 0 Å². The molecule has 0 N–H and O–H groups in total. The van der Waals surface area contributed by atoms with Crippen LogP contribution in [0.4, 0.5) is 5.69 Å². The first-order valence-corrected chi connectivity index (χ1v) is 15.5. The Kier molecular flexibility index (Phi) is 8.68. The van der Waals surface area contributed by atoms with Gasteiger partial charge in [-0.3, -0.25) is 19.5 Å². The second-order valence-corrected chi connectivity index (χ2v) is 12.6. The highest BCUT2D eigenvalue weighted by molar-refractivity contribution is 9.11. The topological polar surface area (TPSA) is 113 Å². The van der Waals surface area contributed by atoms with Crippen molar-refractivity contribution >= 4 is 72.3 Å². The first-order valence-electron chi connectivity index (χ1n) is 12.3. The van der Waals surface area contributed by atoms with Crippen molar-refractivity contribution in [2.45, 2.75) is 26.5 Å².